The Kier molecular flexibility index (Phi) is 2.96. The Morgan fingerprint density at radius 2 is 2.36 bits per heavy atom. The minimum atomic E-state index is -0.633. The zero-order chi connectivity index (χ0) is 10.0. The second-order valence-corrected chi connectivity index (χ2v) is 5.58. The highest BCUT2D eigenvalue weighted by Crippen LogP contribution is 2.30. The van der Waals surface area contributed by atoms with Gasteiger partial charge in [0.2, 0.25) is 0 Å². The first-order valence-electron chi connectivity index (χ1n) is 4.82. The van der Waals surface area contributed by atoms with Gasteiger partial charge in [-0.25, -0.2) is 0 Å². The van der Waals surface area contributed by atoms with Crippen molar-refractivity contribution in [1.82, 2.24) is 0 Å². The Balaban J connectivity index is 2.09. The minimum absolute atomic E-state index is 0.633. The van der Waals surface area contributed by atoms with Gasteiger partial charge in [0.1, 0.15) is 0 Å². The molecule has 1 aliphatic rings. The molecule has 1 atom stereocenters. The van der Waals surface area contributed by atoms with Crippen molar-refractivity contribution in [2.75, 3.05) is 0 Å². The lowest BCUT2D eigenvalue weighted by atomic mass is 9.88. The van der Waals surface area contributed by atoms with Crippen LogP contribution in [-0.4, -0.2) is 10.7 Å². The van der Waals surface area contributed by atoms with E-state index in [1.165, 1.54) is 0 Å². The zero-order valence-electron chi connectivity index (χ0n) is 7.87. The van der Waals surface area contributed by atoms with Crippen LogP contribution < -0.4 is 0 Å². The van der Waals surface area contributed by atoms with E-state index in [1.807, 2.05) is 18.2 Å². The first kappa shape index (κ1) is 10.2. The predicted molar refractivity (Wildman–Crippen MR) is 61.0 cm³/mol. The number of thiophene rings is 1. The van der Waals surface area contributed by atoms with Crippen LogP contribution in [0.3, 0.4) is 0 Å². The highest BCUT2D eigenvalue weighted by atomic mass is 35.5. The summed E-state index contributed by atoms with van der Waals surface area (Å²) in [5, 5.41) is 10.2. The largest absolute Gasteiger partial charge is 0.385 e. The molecule has 0 aromatic carbocycles. The molecule has 0 radical (unpaired) electrons. The number of hydrogen-bond acceptors (Lipinski definition) is 2. The molecule has 76 valence electrons. The first-order valence-corrected chi connectivity index (χ1v) is 6.02. The molecular weight excluding hydrogens is 216 g/mol. The van der Waals surface area contributed by atoms with E-state index in [2.05, 4.69) is 6.08 Å². The van der Waals surface area contributed by atoms with Crippen LogP contribution in [0, 0.1) is 0 Å². The van der Waals surface area contributed by atoms with Crippen LogP contribution in [-0.2, 0) is 6.42 Å². The molecule has 1 aromatic rings. The third-order valence-electron chi connectivity index (χ3n) is 2.52. The Bertz CT molecular complexity index is 345. The smallest absolute Gasteiger partial charge is 0.0931 e. The van der Waals surface area contributed by atoms with E-state index in [0.29, 0.717) is 6.42 Å². The van der Waals surface area contributed by atoms with Crippen LogP contribution in [0.5, 0.6) is 0 Å². The summed E-state index contributed by atoms with van der Waals surface area (Å²) in [5.41, 5.74) is -0.633. The molecule has 14 heavy (non-hydrogen) atoms. The van der Waals surface area contributed by atoms with Gasteiger partial charge in [-0.05, 0) is 31.4 Å². The van der Waals surface area contributed by atoms with Gasteiger partial charge < -0.3 is 5.11 Å². The van der Waals surface area contributed by atoms with Crippen molar-refractivity contribution < 1.29 is 5.11 Å². The van der Waals surface area contributed by atoms with E-state index in [0.717, 1.165) is 28.5 Å². The molecule has 0 saturated heterocycles. The van der Waals surface area contributed by atoms with E-state index in [-0.39, 0.29) is 0 Å². The molecule has 2 rings (SSSR count). The summed E-state index contributed by atoms with van der Waals surface area (Å²) in [4.78, 5) is 1.16. The van der Waals surface area contributed by atoms with Crippen LogP contribution in [0.1, 0.15) is 24.1 Å². The maximum atomic E-state index is 10.2. The van der Waals surface area contributed by atoms with Crippen LogP contribution in [0.25, 0.3) is 0 Å². The van der Waals surface area contributed by atoms with Crippen molar-refractivity contribution in [2.24, 2.45) is 0 Å². The summed E-state index contributed by atoms with van der Waals surface area (Å²) in [6.45, 7) is 0. The molecule has 0 amide bonds. The Morgan fingerprint density at radius 3 is 2.93 bits per heavy atom. The van der Waals surface area contributed by atoms with E-state index >= 15 is 0 Å². The molecule has 0 saturated carbocycles. The van der Waals surface area contributed by atoms with Crippen molar-refractivity contribution in [1.29, 1.82) is 0 Å². The first-order chi connectivity index (χ1) is 6.68. The maximum absolute atomic E-state index is 10.2. The van der Waals surface area contributed by atoms with Crippen LogP contribution >= 0.6 is 22.9 Å². The summed E-state index contributed by atoms with van der Waals surface area (Å²) in [6, 6.07) is 3.88. The fraction of sp³-hybridized carbons (Fsp3) is 0.455. The number of hydrogen-bond donors (Lipinski definition) is 1. The standard InChI is InChI=1S/C11H13ClOS/c12-10-5-4-9(14-10)8-11(13)6-2-1-3-7-11/h2,4-6,13H,1,3,7-8H2. The normalized spacial score (nSPS) is 26.7. The molecule has 1 unspecified atom stereocenters. The van der Waals surface area contributed by atoms with Gasteiger partial charge in [0.15, 0.2) is 0 Å². The summed E-state index contributed by atoms with van der Waals surface area (Å²) in [6.07, 6.45) is 7.72. The zero-order valence-corrected chi connectivity index (χ0v) is 9.44. The highest BCUT2D eigenvalue weighted by Gasteiger charge is 2.25. The van der Waals surface area contributed by atoms with Gasteiger partial charge in [0.25, 0.3) is 0 Å². The van der Waals surface area contributed by atoms with Gasteiger partial charge in [0.05, 0.1) is 9.94 Å². The second-order valence-electron chi connectivity index (χ2n) is 3.78. The second kappa shape index (κ2) is 4.05. The van der Waals surface area contributed by atoms with Gasteiger partial charge >= 0.3 is 0 Å². The number of halogens is 1. The SMILES string of the molecule is OC1(Cc2ccc(Cl)s2)C=CCCC1. The quantitative estimate of drug-likeness (QED) is 0.770. The molecule has 1 aliphatic carbocycles. The average Bonchev–Trinajstić information content (AvgIpc) is 2.51. The predicted octanol–water partition coefficient (Wildman–Crippen LogP) is 3.42. The van der Waals surface area contributed by atoms with E-state index in [9.17, 15) is 5.11 Å². The maximum Gasteiger partial charge on any atom is 0.0931 e. The fourth-order valence-corrected chi connectivity index (χ4v) is 3.01. The van der Waals surface area contributed by atoms with Gasteiger partial charge in [-0.3, -0.25) is 0 Å². The fourth-order valence-electron chi connectivity index (χ4n) is 1.81. The molecule has 0 fully saturated rings. The molecule has 0 bridgehead atoms. The van der Waals surface area contributed by atoms with Crippen LogP contribution in [0.2, 0.25) is 4.34 Å². The van der Waals surface area contributed by atoms with E-state index < -0.39 is 5.60 Å². The summed E-state index contributed by atoms with van der Waals surface area (Å²) in [7, 11) is 0. The van der Waals surface area contributed by atoms with E-state index in [1.54, 1.807) is 11.3 Å². The van der Waals surface area contributed by atoms with Crippen molar-refractivity contribution in [3.8, 4) is 0 Å². The number of allylic oxidation sites excluding steroid dienone is 1. The molecule has 1 aromatic heterocycles. The van der Waals surface area contributed by atoms with Crippen molar-refractivity contribution in [2.45, 2.75) is 31.3 Å². The molecule has 1 heterocycles. The monoisotopic (exact) mass is 228 g/mol. The highest BCUT2D eigenvalue weighted by molar-refractivity contribution is 7.16. The summed E-state index contributed by atoms with van der Waals surface area (Å²) >= 11 is 7.39. The lowest BCUT2D eigenvalue weighted by Gasteiger charge is -2.26. The van der Waals surface area contributed by atoms with Crippen LogP contribution in [0.4, 0.5) is 0 Å². The Labute approximate surface area is 93.0 Å². The number of aliphatic hydroxyl groups is 1. The minimum Gasteiger partial charge on any atom is -0.385 e. The summed E-state index contributed by atoms with van der Waals surface area (Å²) < 4.78 is 0.795. The molecule has 1 nitrogen and oxygen atoms in total. The molecular formula is C11H13ClOS. The molecule has 3 heteroatoms. The summed E-state index contributed by atoms with van der Waals surface area (Å²) in [5.74, 6) is 0. The van der Waals surface area contributed by atoms with Crippen molar-refractivity contribution >= 4 is 22.9 Å². The van der Waals surface area contributed by atoms with Gasteiger partial charge in [-0.15, -0.1) is 11.3 Å². The van der Waals surface area contributed by atoms with Gasteiger partial charge in [-0.1, -0.05) is 23.8 Å². The van der Waals surface area contributed by atoms with Gasteiger partial charge in [-0.2, -0.15) is 0 Å². The Hall–Kier alpha value is -0.310. The molecule has 0 aliphatic heterocycles. The number of rotatable bonds is 2. The third-order valence-corrected chi connectivity index (χ3v) is 3.75. The van der Waals surface area contributed by atoms with Gasteiger partial charge in [0, 0.05) is 11.3 Å². The van der Waals surface area contributed by atoms with Crippen molar-refractivity contribution in [3.63, 3.8) is 0 Å². The third kappa shape index (κ3) is 2.38. The molecule has 1 N–H and O–H groups in total. The van der Waals surface area contributed by atoms with E-state index in [4.69, 9.17) is 11.6 Å². The topological polar surface area (TPSA) is 20.2 Å². The van der Waals surface area contributed by atoms with Crippen LogP contribution in [0.15, 0.2) is 24.3 Å². The Morgan fingerprint density at radius 1 is 1.50 bits per heavy atom. The lowest BCUT2D eigenvalue weighted by Crippen LogP contribution is -2.29. The average molecular weight is 229 g/mol. The van der Waals surface area contributed by atoms with Crippen molar-refractivity contribution in [3.05, 3.63) is 33.5 Å². The lowest BCUT2D eigenvalue weighted by molar-refractivity contribution is 0.0759. The molecule has 0 spiro atoms.